The molecule has 0 radical (unpaired) electrons. The molecule has 0 fully saturated rings. The highest BCUT2D eigenvalue weighted by Gasteiger charge is 2.16. The van der Waals surface area contributed by atoms with Crippen molar-refractivity contribution in [3.05, 3.63) is 59.2 Å². The van der Waals surface area contributed by atoms with Gasteiger partial charge in [0.25, 0.3) is 0 Å². The summed E-state index contributed by atoms with van der Waals surface area (Å²) in [7, 11) is 0. The van der Waals surface area contributed by atoms with Crippen LogP contribution in [0.3, 0.4) is 0 Å². The van der Waals surface area contributed by atoms with E-state index in [1.54, 1.807) is 0 Å². The lowest BCUT2D eigenvalue weighted by molar-refractivity contribution is 0.609. The van der Waals surface area contributed by atoms with Gasteiger partial charge in [-0.15, -0.1) is 0 Å². The van der Waals surface area contributed by atoms with E-state index in [0.717, 1.165) is 12.2 Å². The van der Waals surface area contributed by atoms with E-state index in [4.69, 9.17) is 0 Å². The maximum Gasteiger partial charge on any atom is 0.0769 e. The van der Waals surface area contributed by atoms with Crippen LogP contribution in [-0.2, 0) is 0 Å². The molecule has 94 valence electrons. The molecule has 0 amide bonds. The molecule has 0 bridgehead atoms. The van der Waals surface area contributed by atoms with Gasteiger partial charge in [0.05, 0.1) is 11.7 Å². The molecule has 0 aliphatic rings. The molecule has 0 aliphatic heterocycles. The molecule has 1 unspecified atom stereocenters. The molecule has 0 spiro atoms. The Balaban J connectivity index is 2.43. The van der Waals surface area contributed by atoms with E-state index in [2.05, 4.69) is 48.2 Å². The van der Waals surface area contributed by atoms with E-state index in [1.165, 1.54) is 16.7 Å². The molecule has 1 atom stereocenters. The smallest absolute Gasteiger partial charge is 0.0769 e. The summed E-state index contributed by atoms with van der Waals surface area (Å²) in [5.41, 5.74) is 4.61. The Morgan fingerprint density at radius 2 is 2.11 bits per heavy atom. The van der Waals surface area contributed by atoms with Crippen molar-refractivity contribution in [3.63, 3.8) is 0 Å². The van der Waals surface area contributed by atoms with Gasteiger partial charge < -0.3 is 5.32 Å². The molecule has 2 rings (SSSR count). The molecular weight excluding hydrogens is 222 g/mol. The first-order valence-corrected chi connectivity index (χ1v) is 6.28. The summed E-state index contributed by atoms with van der Waals surface area (Å²) in [5.74, 6) is 0. The average molecular weight is 241 g/mol. The third-order valence-corrected chi connectivity index (χ3v) is 2.96. The lowest BCUT2D eigenvalue weighted by atomic mass is 10.0. The summed E-state index contributed by atoms with van der Waals surface area (Å²) in [5, 5.41) is 3.48. The van der Waals surface area contributed by atoms with Gasteiger partial charge in [-0.1, -0.05) is 19.1 Å². The zero-order chi connectivity index (χ0) is 13.0. The molecule has 0 aliphatic carbocycles. The summed E-state index contributed by atoms with van der Waals surface area (Å²) in [4.78, 5) is 8.79. The monoisotopic (exact) mass is 241 g/mol. The Morgan fingerprint density at radius 1 is 1.28 bits per heavy atom. The molecule has 3 heteroatoms. The number of aryl methyl sites for hydroxylation is 2. The number of pyridine rings is 2. The van der Waals surface area contributed by atoms with Crippen LogP contribution in [0.5, 0.6) is 0 Å². The molecular formula is C15H19N3. The second-order valence-electron chi connectivity index (χ2n) is 4.49. The zero-order valence-corrected chi connectivity index (χ0v) is 11.1. The van der Waals surface area contributed by atoms with Gasteiger partial charge in [-0.25, -0.2) is 0 Å². The largest absolute Gasteiger partial charge is 0.305 e. The summed E-state index contributed by atoms with van der Waals surface area (Å²) >= 11 is 0. The minimum atomic E-state index is 0.114. The van der Waals surface area contributed by atoms with E-state index >= 15 is 0 Å². The van der Waals surface area contributed by atoms with Gasteiger partial charge in [-0.2, -0.15) is 0 Å². The second kappa shape index (κ2) is 5.74. The fourth-order valence-electron chi connectivity index (χ4n) is 2.11. The molecule has 3 nitrogen and oxygen atoms in total. The van der Waals surface area contributed by atoms with Gasteiger partial charge in [-0.05, 0) is 43.1 Å². The Bertz CT molecular complexity index is 523. The fourth-order valence-corrected chi connectivity index (χ4v) is 2.11. The quantitative estimate of drug-likeness (QED) is 0.894. The molecule has 1 N–H and O–H groups in total. The summed E-state index contributed by atoms with van der Waals surface area (Å²) in [6.45, 7) is 7.16. The first kappa shape index (κ1) is 12.7. The van der Waals surface area contributed by atoms with Crippen LogP contribution in [-0.4, -0.2) is 16.5 Å². The zero-order valence-electron chi connectivity index (χ0n) is 11.1. The van der Waals surface area contributed by atoms with Crippen LogP contribution in [0.25, 0.3) is 0 Å². The van der Waals surface area contributed by atoms with Crippen LogP contribution < -0.4 is 5.32 Å². The lowest BCUT2D eigenvalue weighted by Gasteiger charge is -2.19. The van der Waals surface area contributed by atoms with Gasteiger partial charge in [0, 0.05) is 18.6 Å². The standard InChI is InChI=1S/C15H19N3/c1-4-17-15(13-8-11(2)9-16-10-13)14-12(3)6-5-7-18-14/h5-10,15,17H,4H2,1-3H3. The van der Waals surface area contributed by atoms with E-state index < -0.39 is 0 Å². The minimum absolute atomic E-state index is 0.114. The van der Waals surface area contributed by atoms with Crippen molar-refractivity contribution in [1.29, 1.82) is 0 Å². The third-order valence-electron chi connectivity index (χ3n) is 2.96. The maximum atomic E-state index is 4.51. The van der Waals surface area contributed by atoms with Crippen LogP contribution in [0.2, 0.25) is 0 Å². The van der Waals surface area contributed by atoms with E-state index in [1.807, 2.05) is 24.7 Å². The number of rotatable bonds is 4. The topological polar surface area (TPSA) is 37.8 Å². The first-order valence-electron chi connectivity index (χ1n) is 6.28. The van der Waals surface area contributed by atoms with Crippen LogP contribution in [0.1, 0.15) is 35.3 Å². The SMILES string of the molecule is CCNC(c1cncc(C)c1)c1ncccc1C. The highest BCUT2D eigenvalue weighted by Crippen LogP contribution is 2.22. The van der Waals surface area contributed by atoms with E-state index in [0.29, 0.717) is 0 Å². The van der Waals surface area contributed by atoms with Crippen molar-refractivity contribution < 1.29 is 0 Å². The predicted molar refractivity (Wildman–Crippen MR) is 73.5 cm³/mol. The fraction of sp³-hybridized carbons (Fsp3) is 0.333. The molecule has 0 saturated heterocycles. The number of aromatic nitrogens is 2. The molecule has 2 heterocycles. The Kier molecular flexibility index (Phi) is 4.05. The predicted octanol–water partition coefficient (Wildman–Crippen LogP) is 2.79. The Labute approximate surface area is 108 Å². The normalized spacial score (nSPS) is 12.4. The van der Waals surface area contributed by atoms with Crippen molar-refractivity contribution in [2.75, 3.05) is 6.54 Å². The number of nitrogens with zero attached hydrogens (tertiary/aromatic N) is 2. The molecule has 0 aromatic carbocycles. The van der Waals surface area contributed by atoms with Crippen molar-refractivity contribution >= 4 is 0 Å². The third kappa shape index (κ3) is 2.74. The lowest BCUT2D eigenvalue weighted by Crippen LogP contribution is -2.24. The van der Waals surface area contributed by atoms with Crippen molar-refractivity contribution in [2.45, 2.75) is 26.8 Å². The van der Waals surface area contributed by atoms with E-state index in [9.17, 15) is 0 Å². The highest BCUT2D eigenvalue weighted by molar-refractivity contribution is 5.32. The summed E-state index contributed by atoms with van der Waals surface area (Å²) in [6, 6.07) is 6.34. The van der Waals surface area contributed by atoms with Crippen molar-refractivity contribution in [2.24, 2.45) is 0 Å². The van der Waals surface area contributed by atoms with Gasteiger partial charge >= 0.3 is 0 Å². The van der Waals surface area contributed by atoms with Crippen LogP contribution in [0, 0.1) is 13.8 Å². The van der Waals surface area contributed by atoms with Crippen molar-refractivity contribution in [3.8, 4) is 0 Å². The van der Waals surface area contributed by atoms with E-state index in [-0.39, 0.29) is 6.04 Å². The Hall–Kier alpha value is -1.74. The highest BCUT2D eigenvalue weighted by atomic mass is 14.9. The molecule has 18 heavy (non-hydrogen) atoms. The minimum Gasteiger partial charge on any atom is -0.305 e. The first-order chi connectivity index (χ1) is 8.72. The van der Waals surface area contributed by atoms with Gasteiger partial charge in [0.1, 0.15) is 0 Å². The summed E-state index contributed by atoms with van der Waals surface area (Å²) in [6.07, 6.45) is 5.63. The Morgan fingerprint density at radius 3 is 2.78 bits per heavy atom. The number of hydrogen-bond acceptors (Lipinski definition) is 3. The van der Waals surface area contributed by atoms with Crippen molar-refractivity contribution in [1.82, 2.24) is 15.3 Å². The van der Waals surface area contributed by atoms with Crippen LogP contribution in [0.15, 0.2) is 36.8 Å². The molecule has 2 aromatic rings. The van der Waals surface area contributed by atoms with Gasteiger partial charge in [0.15, 0.2) is 0 Å². The van der Waals surface area contributed by atoms with Crippen LogP contribution in [0.4, 0.5) is 0 Å². The second-order valence-corrected chi connectivity index (χ2v) is 4.49. The summed E-state index contributed by atoms with van der Waals surface area (Å²) < 4.78 is 0. The van der Waals surface area contributed by atoms with Gasteiger partial charge in [0.2, 0.25) is 0 Å². The average Bonchev–Trinajstić information content (AvgIpc) is 2.37. The molecule has 0 saturated carbocycles. The van der Waals surface area contributed by atoms with Crippen LogP contribution >= 0.6 is 0 Å². The molecule has 2 aromatic heterocycles. The number of hydrogen-bond donors (Lipinski definition) is 1. The maximum absolute atomic E-state index is 4.51. The number of nitrogens with one attached hydrogen (secondary N) is 1. The van der Waals surface area contributed by atoms with Gasteiger partial charge in [-0.3, -0.25) is 9.97 Å².